The maximum Gasteiger partial charge on any atom is 0.316 e. The van der Waals surface area contributed by atoms with E-state index in [1.165, 1.54) is 0 Å². The molecule has 1 aliphatic heterocycles. The first-order valence-corrected chi connectivity index (χ1v) is 4.04. The molecular formula is C7H13N3O2. The first-order valence-electron chi connectivity index (χ1n) is 4.04. The third-order valence-electron chi connectivity index (χ3n) is 1.71. The molecule has 1 rings (SSSR count). The van der Waals surface area contributed by atoms with Crippen molar-refractivity contribution >= 4 is 12.3 Å². The van der Waals surface area contributed by atoms with Gasteiger partial charge in [-0.05, 0) is 19.4 Å². The lowest BCUT2D eigenvalue weighted by atomic mass is 10.3. The summed E-state index contributed by atoms with van der Waals surface area (Å²) in [6.45, 7) is 1.01. The normalized spacial score (nSPS) is 21.8. The lowest BCUT2D eigenvalue weighted by molar-refractivity contribution is -0.107. The van der Waals surface area contributed by atoms with Crippen LogP contribution in [0, 0.1) is 0 Å². The fraction of sp³-hybridized carbons (Fsp3) is 0.714. The Labute approximate surface area is 70.9 Å². The van der Waals surface area contributed by atoms with E-state index < -0.39 is 0 Å². The number of nitrogens with one attached hydrogen (secondary N) is 3. The fourth-order valence-electron chi connectivity index (χ4n) is 1.15. The van der Waals surface area contributed by atoms with Gasteiger partial charge in [0.1, 0.15) is 6.29 Å². The second-order valence-electron chi connectivity index (χ2n) is 2.67. The number of rotatable bonds is 3. The minimum atomic E-state index is -0.290. The molecule has 1 atom stereocenters. The van der Waals surface area contributed by atoms with E-state index in [1.54, 1.807) is 0 Å². The molecule has 0 spiro atoms. The minimum absolute atomic E-state index is 0.0663. The van der Waals surface area contributed by atoms with Gasteiger partial charge < -0.3 is 15.4 Å². The van der Waals surface area contributed by atoms with Gasteiger partial charge in [-0.2, -0.15) is 0 Å². The van der Waals surface area contributed by atoms with E-state index in [9.17, 15) is 9.59 Å². The zero-order valence-corrected chi connectivity index (χ0v) is 6.80. The summed E-state index contributed by atoms with van der Waals surface area (Å²) < 4.78 is 0. The van der Waals surface area contributed by atoms with E-state index in [-0.39, 0.29) is 18.7 Å². The second-order valence-corrected chi connectivity index (χ2v) is 2.67. The standard InChI is InChI=1S/C7H13N3O2/c11-5-4-9-7(12)10-6-2-1-3-8-6/h5-6,8H,1-4H2,(H2,9,10,12). The summed E-state index contributed by atoms with van der Waals surface area (Å²) in [6, 6.07) is -0.290. The van der Waals surface area contributed by atoms with Crippen LogP contribution >= 0.6 is 0 Å². The summed E-state index contributed by atoms with van der Waals surface area (Å²) in [5.41, 5.74) is 0. The van der Waals surface area contributed by atoms with Gasteiger partial charge in [0.15, 0.2) is 0 Å². The van der Waals surface area contributed by atoms with Crippen LogP contribution in [0.3, 0.4) is 0 Å². The summed E-state index contributed by atoms with van der Waals surface area (Å²) in [5.74, 6) is 0. The lowest BCUT2D eigenvalue weighted by Crippen LogP contribution is -2.46. The van der Waals surface area contributed by atoms with Gasteiger partial charge in [0, 0.05) is 0 Å². The van der Waals surface area contributed by atoms with Crippen LogP contribution in [0.15, 0.2) is 0 Å². The van der Waals surface area contributed by atoms with Crippen molar-refractivity contribution in [1.29, 1.82) is 0 Å². The van der Waals surface area contributed by atoms with Crippen molar-refractivity contribution in [3.63, 3.8) is 0 Å². The zero-order chi connectivity index (χ0) is 8.81. The summed E-state index contributed by atoms with van der Waals surface area (Å²) in [4.78, 5) is 20.8. The molecule has 0 aromatic rings. The molecule has 3 N–H and O–H groups in total. The number of aldehydes is 1. The van der Waals surface area contributed by atoms with Crippen LogP contribution in [0.1, 0.15) is 12.8 Å². The quantitative estimate of drug-likeness (QED) is 0.486. The van der Waals surface area contributed by atoms with E-state index in [2.05, 4.69) is 16.0 Å². The van der Waals surface area contributed by atoms with Crippen molar-refractivity contribution in [1.82, 2.24) is 16.0 Å². The lowest BCUT2D eigenvalue weighted by Gasteiger charge is -2.12. The first-order chi connectivity index (χ1) is 5.83. The van der Waals surface area contributed by atoms with E-state index in [4.69, 9.17) is 0 Å². The van der Waals surface area contributed by atoms with Crippen LogP contribution in [0.2, 0.25) is 0 Å². The summed E-state index contributed by atoms with van der Waals surface area (Å²) in [5, 5.41) is 8.20. The monoisotopic (exact) mass is 171 g/mol. The maximum absolute atomic E-state index is 10.9. The molecule has 2 amide bonds. The molecule has 68 valence electrons. The van der Waals surface area contributed by atoms with Crippen LogP contribution < -0.4 is 16.0 Å². The molecule has 1 saturated heterocycles. The molecule has 0 radical (unpaired) electrons. The molecule has 0 saturated carbocycles. The maximum atomic E-state index is 10.9. The number of carbonyl (C=O) groups is 2. The number of carbonyl (C=O) groups excluding carboxylic acids is 2. The van der Waals surface area contributed by atoms with Crippen molar-refractivity contribution in [2.75, 3.05) is 13.1 Å². The van der Waals surface area contributed by atoms with E-state index in [0.29, 0.717) is 6.29 Å². The van der Waals surface area contributed by atoms with Crippen molar-refractivity contribution < 1.29 is 9.59 Å². The molecule has 5 nitrogen and oxygen atoms in total. The van der Waals surface area contributed by atoms with Crippen LogP contribution in [0.5, 0.6) is 0 Å². The number of amides is 2. The zero-order valence-electron chi connectivity index (χ0n) is 6.80. The number of hydrogen-bond acceptors (Lipinski definition) is 3. The third-order valence-corrected chi connectivity index (χ3v) is 1.71. The second kappa shape index (κ2) is 4.71. The number of hydrogen-bond donors (Lipinski definition) is 3. The molecule has 1 unspecified atom stereocenters. The van der Waals surface area contributed by atoms with Crippen LogP contribution in [0.4, 0.5) is 4.79 Å². The minimum Gasteiger partial charge on any atom is -0.331 e. The summed E-state index contributed by atoms with van der Waals surface area (Å²) >= 11 is 0. The smallest absolute Gasteiger partial charge is 0.316 e. The summed E-state index contributed by atoms with van der Waals surface area (Å²) in [7, 11) is 0. The van der Waals surface area contributed by atoms with Gasteiger partial charge in [0.2, 0.25) is 0 Å². The number of urea groups is 1. The molecule has 0 aliphatic carbocycles. The van der Waals surface area contributed by atoms with E-state index >= 15 is 0 Å². The molecule has 1 fully saturated rings. The van der Waals surface area contributed by atoms with Crippen molar-refractivity contribution in [2.24, 2.45) is 0 Å². The molecule has 1 heterocycles. The third kappa shape index (κ3) is 2.87. The van der Waals surface area contributed by atoms with Crippen LogP contribution in [-0.2, 0) is 4.79 Å². The highest BCUT2D eigenvalue weighted by atomic mass is 16.2. The predicted molar refractivity (Wildman–Crippen MR) is 43.6 cm³/mol. The van der Waals surface area contributed by atoms with Gasteiger partial charge in [0.05, 0.1) is 12.7 Å². The fourth-order valence-corrected chi connectivity index (χ4v) is 1.15. The molecule has 1 aliphatic rings. The van der Waals surface area contributed by atoms with Gasteiger partial charge in [-0.15, -0.1) is 0 Å². The van der Waals surface area contributed by atoms with Gasteiger partial charge >= 0.3 is 6.03 Å². The Morgan fingerprint density at radius 2 is 2.50 bits per heavy atom. The highest BCUT2D eigenvalue weighted by Gasteiger charge is 2.15. The largest absolute Gasteiger partial charge is 0.331 e. The topological polar surface area (TPSA) is 70.2 Å². The van der Waals surface area contributed by atoms with Crippen LogP contribution in [0.25, 0.3) is 0 Å². The first kappa shape index (κ1) is 8.99. The molecule has 0 aromatic heterocycles. The Kier molecular flexibility index (Phi) is 3.53. The average Bonchev–Trinajstić information content (AvgIpc) is 2.53. The average molecular weight is 171 g/mol. The predicted octanol–water partition coefficient (Wildman–Crippen LogP) is -0.806. The molecule has 0 aromatic carbocycles. The van der Waals surface area contributed by atoms with Crippen LogP contribution in [-0.4, -0.2) is 31.6 Å². The SMILES string of the molecule is O=CCNC(=O)NC1CCCN1. The molecular weight excluding hydrogens is 158 g/mol. The Morgan fingerprint density at radius 3 is 3.08 bits per heavy atom. The van der Waals surface area contributed by atoms with Gasteiger partial charge in [-0.3, -0.25) is 5.32 Å². The van der Waals surface area contributed by atoms with Crippen molar-refractivity contribution in [3.05, 3.63) is 0 Å². The Hall–Kier alpha value is -1.10. The van der Waals surface area contributed by atoms with Crippen molar-refractivity contribution in [2.45, 2.75) is 19.0 Å². The molecule has 5 heteroatoms. The Balaban J connectivity index is 2.11. The molecule has 0 bridgehead atoms. The highest BCUT2D eigenvalue weighted by molar-refractivity contribution is 5.76. The van der Waals surface area contributed by atoms with Gasteiger partial charge in [-0.1, -0.05) is 0 Å². The summed E-state index contributed by atoms with van der Waals surface area (Å²) in [6.07, 6.45) is 2.76. The van der Waals surface area contributed by atoms with E-state index in [0.717, 1.165) is 19.4 Å². The Morgan fingerprint density at radius 1 is 1.67 bits per heavy atom. The molecule has 12 heavy (non-hydrogen) atoms. The Bertz CT molecular complexity index is 166. The van der Waals surface area contributed by atoms with Gasteiger partial charge in [0.25, 0.3) is 0 Å². The van der Waals surface area contributed by atoms with Crippen molar-refractivity contribution in [3.8, 4) is 0 Å². The van der Waals surface area contributed by atoms with E-state index in [1.807, 2.05) is 0 Å². The van der Waals surface area contributed by atoms with Gasteiger partial charge in [-0.25, -0.2) is 4.79 Å². The highest BCUT2D eigenvalue weighted by Crippen LogP contribution is 2.00.